The lowest BCUT2D eigenvalue weighted by molar-refractivity contribution is -0.144. The Bertz CT molecular complexity index is 284. The summed E-state index contributed by atoms with van der Waals surface area (Å²) < 4.78 is 4.35. The van der Waals surface area contributed by atoms with E-state index in [1.54, 1.807) is 0 Å². The molecule has 0 aliphatic carbocycles. The summed E-state index contributed by atoms with van der Waals surface area (Å²) in [6.07, 6.45) is -7.79. The van der Waals surface area contributed by atoms with Crippen LogP contribution in [0, 0.1) is 0 Å². The van der Waals surface area contributed by atoms with Crippen molar-refractivity contribution in [2.45, 2.75) is 37.4 Å². The molecule has 0 amide bonds. The zero-order chi connectivity index (χ0) is 17.0. The van der Waals surface area contributed by atoms with Crippen LogP contribution in [0.4, 0.5) is 0 Å². The van der Waals surface area contributed by atoms with Gasteiger partial charge in [-0.05, 0) is 0 Å². The average Bonchev–Trinajstić information content (AvgIpc) is 2.49. The molecular formula is C11H22O10. The van der Waals surface area contributed by atoms with Crippen molar-refractivity contribution >= 4 is 12.3 Å². The lowest BCUT2D eigenvalue weighted by Gasteiger charge is -2.22. The maximum Gasteiger partial charge on any atom is 0.302 e. The lowest BCUT2D eigenvalue weighted by atomic mass is 10.0. The monoisotopic (exact) mass is 314 g/mol. The normalized spacial score (nSPS) is 17.5. The SMILES string of the molecule is CC(=O)OCC(O)CO.O=C[C@H](O)[C@@H](O)[C@H](O)[C@H](O)CO. The predicted molar refractivity (Wildman–Crippen MR) is 66.9 cm³/mol. The first-order chi connectivity index (χ1) is 9.70. The second-order valence-electron chi connectivity index (χ2n) is 4.00. The minimum atomic E-state index is -1.79. The number of hydrogen-bond donors (Lipinski definition) is 7. The van der Waals surface area contributed by atoms with Gasteiger partial charge < -0.3 is 45.3 Å². The Morgan fingerprint density at radius 2 is 1.57 bits per heavy atom. The second-order valence-corrected chi connectivity index (χ2v) is 4.00. The van der Waals surface area contributed by atoms with Gasteiger partial charge in [-0.1, -0.05) is 0 Å². The molecule has 1 unspecified atom stereocenters. The van der Waals surface area contributed by atoms with Gasteiger partial charge >= 0.3 is 5.97 Å². The van der Waals surface area contributed by atoms with Gasteiger partial charge in [0.1, 0.15) is 37.1 Å². The van der Waals surface area contributed by atoms with Gasteiger partial charge in [0.15, 0.2) is 6.29 Å². The molecule has 0 aliphatic rings. The van der Waals surface area contributed by atoms with E-state index < -0.39 is 43.1 Å². The Balaban J connectivity index is 0. The molecule has 0 spiro atoms. The Kier molecular flexibility index (Phi) is 13.3. The molecule has 10 nitrogen and oxygen atoms in total. The molecule has 0 aromatic rings. The summed E-state index contributed by atoms with van der Waals surface area (Å²) in [5.74, 6) is -0.456. The summed E-state index contributed by atoms with van der Waals surface area (Å²) in [6, 6.07) is 0. The topological polar surface area (TPSA) is 185 Å². The smallest absolute Gasteiger partial charge is 0.302 e. The highest BCUT2D eigenvalue weighted by Gasteiger charge is 2.29. The molecule has 7 N–H and O–H groups in total. The van der Waals surface area contributed by atoms with Crippen molar-refractivity contribution in [2.24, 2.45) is 0 Å². The molecule has 0 aliphatic heterocycles. The first-order valence-corrected chi connectivity index (χ1v) is 5.91. The maximum atomic E-state index is 10.0. The third-order valence-corrected chi connectivity index (χ3v) is 2.11. The van der Waals surface area contributed by atoms with Crippen LogP contribution < -0.4 is 0 Å². The standard InChI is InChI=1S/C6H12O6.C5H10O4/c7-1-3(9)5(11)6(12)4(10)2-8;1-4(7)9-3-5(8)2-6/h1,3-6,8-12H,2H2;5-6,8H,2-3H2,1H3/t3-,4+,5+,6+;/m0./s1. The summed E-state index contributed by atoms with van der Waals surface area (Å²) in [6.45, 7) is -0.0347. The number of aliphatic hydroxyl groups is 7. The molecule has 0 saturated carbocycles. The Morgan fingerprint density at radius 1 is 1.05 bits per heavy atom. The molecule has 5 atom stereocenters. The zero-order valence-electron chi connectivity index (χ0n) is 11.4. The van der Waals surface area contributed by atoms with Gasteiger partial charge in [0.05, 0.1) is 13.2 Å². The molecule has 0 saturated heterocycles. The van der Waals surface area contributed by atoms with E-state index in [0.717, 1.165) is 0 Å². The molecule has 126 valence electrons. The average molecular weight is 314 g/mol. The van der Waals surface area contributed by atoms with Crippen LogP contribution >= 0.6 is 0 Å². The quantitative estimate of drug-likeness (QED) is 0.170. The number of carbonyl (C=O) groups excluding carboxylic acids is 2. The molecule has 21 heavy (non-hydrogen) atoms. The third-order valence-electron chi connectivity index (χ3n) is 2.11. The van der Waals surface area contributed by atoms with Crippen LogP contribution in [0.2, 0.25) is 0 Å². The van der Waals surface area contributed by atoms with Crippen molar-refractivity contribution in [1.29, 1.82) is 0 Å². The van der Waals surface area contributed by atoms with Crippen LogP contribution in [0.15, 0.2) is 0 Å². The summed E-state index contributed by atoms with van der Waals surface area (Å²) in [5.41, 5.74) is 0. The van der Waals surface area contributed by atoms with Crippen LogP contribution in [0.5, 0.6) is 0 Å². The van der Waals surface area contributed by atoms with Gasteiger partial charge in [-0.2, -0.15) is 0 Å². The number of aliphatic hydroxyl groups excluding tert-OH is 7. The highest BCUT2D eigenvalue weighted by molar-refractivity contribution is 5.65. The predicted octanol–water partition coefficient (Wildman–Crippen LogP) is -4.48. The van der Waals surface area contributed by atoms with Gasteiger partial charge in [-0.25, -0.2) is 0 Å². The first-order valence-electron chi connectivity index (χ1n) is 5.91. The minimum Gasteiger partial charge on any atom is -0.463 e. The number of hydrogen-bond acceptors (Lipinski definition) is 10. The van der Waals surface area contributed by atoms with Gasteiger partial charge in [0, 0.05) is 6.92 Å². The third kappa shape index (κ3) is 11.2. The van der Waals surface area contributed by atoms with Crippen molar-refractivity contribution in [3.8, 4) is 0 Å². The summed E-state index contributed by atoms with van der Waals surface area (Å²) in [7, 11) is 0. The molecule has 0 bridgehead atoms. The van der Waals surface area contributed by atoms with Crippen molar-refractivity contribution in [1.82, 2.24) is 0 Å². The van der Waals surface area contributed by atoms with Crippen molar-refractivity contribution in [2.75, 3.05) is 19.8 Å². The van der Waals surface area contributed by atoms with Gasteiger partial charge in [0.25, 0.3) is 0 Å². The number of carbonyl (C=O) groups is 2. The number of esters is 1. The van der Waals surface area contributed by atoms with E-state index >= 15 is 0 Å². The number of aldehydes is 1. The molecule has 10 heteroatoms. The fourth-order valence-electron chi connectivity index (χ4n) is 0.884. The molecular weight excluding hydrogens is 292 g/mol. The highest BCUT2D eigenvalue weighted by Crippen LogP contribution is 2.02. The zero-order valence-corrected chi connectivity index (χ0v) is 11.4. The van der Waals surface area contributed by atoms with E-state index in [2.05, 4.69) is 4.74 Å². The summed E-state index contributed by atoms with van der Waals surface area (Å²) in [4.78, 5) is 19.9. The number of ether oxygens (including phenoxy) is 1. The fourth-order valence-corrected chi connectivity index (χ4v) is 0.884. The van der Waals surface area contributed by atoms with E-state index in [-0.39, 0.29) is 19.5 Å². The van der Waals surface area contributed by atoms with Crippen LogP contribution in [0.1, 0.15) is 6.92 Å². The Labute approximate surface area is 120 Å². The molecule has 0 fully saturated rings. The summed E-state index contributed by atoms with van der Waals surface area (Å²) >= 11 is 0. The largest absolute Gasteiger partial charge is 0.463 e. The molecule has 0 rings (SSSR count). The lowest BCUT2D eigenvalue weighted by Crippen LogP contribution is -2.46. The number of rotatable bonds is 8. The van der Waals surface area contributed by atoms with Gasteiger partial charge in [-0.15, -0.1) is 0 Å². The van der Waals surface area contributed by atoms with Gasteiger partial charge in [0.2, 0.25) is 0 Å². The second kappa shape index (κ2) is 12.6. The van der Waals surface area contributed by atoms with Crippen LogP contribution in [0.3, 0.4) is 0 Å². The maximum absolute atomic E-state index is 10.0. The minimum absolute atomic E-state index is 0.0258. The van der Waals surface area contributed by atoms with Crippen molar-refractivity contribution in [3.05, 3.63) is 0 Å². The van der Waals surface area contributed by atoms with Crippen molar-refractivity contribution < 1.29 is 50.1 Å². The molecule has 0 radical (unpaired) electrons. The highest BCUT2D eigenvalue weighted by atomic mass is 16.5. The van der Waals surface area contributed by atoms with Crippen LogP contribution in [-0.2, 0) is 14.3 Å². The van der Waals surface area contributed by atoms with E-state index in [1.807, 2.05) is 0 Å². The molecule has 0 aromatic carbocycles. The Hall–Kier alpha value is -1.14. The van der Waals surface area contributed by atoms with Crippen LogP contribution in [-0.4, -0.2) is 98.3 Å². The van der Waals surface area contributed by atoms with E-state index in [4.69, 9.17) is 35.7 Å². The van der Waals surface area contributed by atoms with Gasteiger partial charge in [-0.3, -0.25) is 4.79 Å². The molecule has 0 heterocycles. The Morgan fingerprint density at radius 3 is 1.90 bits per heavy atom. The first kappa shape index (κ1) is 22.1. The van der Waals surface area contributed by atoms with E-state index in [0.29, 0.717) is 0 Å². The van der Waals surface area contributed by atoms with Crippen molar-refractivity contribution in [3.63, 3.8) is 0 Å². The van der Waals surface area contributed by atoms with E-state index in [9.17, 15) is 9.59 Å². The fraction of sp³-hybridized carbons (Fsp3) is 0.818. The summed E-state index contributed by atoms with van der Waals surface area (Å²) in [5, 5.41) is 60.3. The van der Waals surface area contributed by atoms with E-state index in [1.165, 1.54) is 6.92 Å². The molecule has 0 aromatic heterocycles. The van der Waals surface area contributed by atoms with Crippen LogP contribution in [0.25, 0.3) is 0 Å².